The van der Waals surface area contributed by atoms with Gasteiger partial charge in [0.2, 0.25) is 0 Å². The van der Waals surface area contributed by atoms with E-state index in [1.54, 1.807) is 0 Å². The Bertz CT molecular complexity index is 287. The monoisotopic (exact) mass is 195 g/mol. The molecule has 0 aliphatic heterocycles. The molecule has 0 amide bonds. The summed E-state index contributed by atoms with van der Waals surface area (Å²) in [5, 5.41) is 4.17. The molecule has 0 N–H and O–H groups in total. The Kier molecular flexibility index (Phi) is 3.73. The number of aryl methyl sites for hydroxylation is 1. The second-order valence-electron chi connectivity index (χ2n) is 4.47. The fourth-order valence-corrected chi connectivity index (χ4v) is 1.80. The number of nitrogens with zero attached hydrogens (tertiary/aromatic N) is 1. The van der Waals surface area contributed by atoms with Gasteiger partial charge in [-0.3, -0.25) is 0 Å². The van der Waals surface area contributed by atoms with E-state index >= 15 is 0 Å². The van der Waals surface area contributed by atoms with E-state index in [0.29, 0.717) is 11.8 Å². The van der Waals surface area contributed by atoms with E-state index in [2.05, 4.69) is 39.8 Å². The Labute approximate surface area is 86.7 Å². The molecule has 0 aliphatic carbocycles. The van der Waals surface area contributed by atoms with E-state index in [9.17, 15) is 0 Å². The second kappa shape index (κ2) is 4.63. The van der Waals surface area contributed by atoms with Crippen LogP contribution in [0.25, 0.3) is 0 Å². The summed E-state index contributed by atoms with van der Waals surface area (Å²) >= 11 is 0. The predicted octanol–water partition coefficient (Wildman–Crippen LogP) is 3.87. The van der Waals surface area contributed by atoms with Gasteiger partial charge in [-0.15, -0.1) is 0 Å². The van der Waals surface area contributed by atoms with Gasteiger partial charge in [-0.05, 0) is 12.3 Å². The molecule has 0 saturated heterocycles. The van der Waals surface area contributed by atoms with E-state index in [-0.39, 0.29) is 0 Å². The van der Waals surface area contributed by atoms with Gasteiger partial charge in [-0.2, -0.15) is 0 Å². The number of rotatable bonds is 4. The number of aromatic nitrogens is 1. The summed E-state index contributed by atoms with van der Waals surface area (Å²) in [6, 6.07) is 0. The van der Waals surface area contributed by atoms with Crippen LogP contribution in [0.2, 0.25) is 0 Å². The van der Waals surface area contributed by atoms with E-state index in [0.717, 1.165) is 24.3 Å². The van der Waals surface area contributed by atoms with Crippen LogP contribution >= 0.6 is 0 Å². The van der Waals surface area contributed by atoms with Crippen molar-refractivity contribution in [3.8, 4) is 0 Å². The fourth-order valence-electron chi connectivity index (χ4n) is 1.80. The molecule has 80 valence electrons. The highest BCUT2D eigenvalue weighted by Gasteiger charge is 2.20. The Hall–Kier alpha value is -0.790. The highest BCUT2D eigenvalue weighted by atomic mass is 16.5. The highest BCUT2D eigenvalue weighted by Crippen LogP contribution is 2.29. The number of hydrogen-bond acceptors (Lipinski definition) is 2. The molecule has 2 heteroatoms. The smallest absolute Gasteiger partial charge is 0.142 e. The lowest BCUT2D eigenvalue weighted by molar-refractivity contribution is 0.363. The highest BCUT2D eigenvalue weighted by molar-refractivity contribution is 5.28. The van der Waals surface area contributed by atoms with Gasteiger partial charge in [0.15, 0.2) is 0 Å². The topological polar surface area (TPSA) is 26.0 Å². The lowest BCUT2D eigenvalue weighted by Crippen LogP contribution is -1.98. The molecule has 1 heterocycles. The van der Waals surface area contributed by atoms with Crippen LogP contribution < -0.4 is 0 Å². The first-order valence-corrected chi connectivity index (χ1v) is 5.56. The van der Waals surface area contributed by atoms with Gasteiger partial charge in [-0.1, -0.05) is 46.2 Å². The van der Waals surface area contributed by atoms with E-state index in [1.165, 1.54) is 5.56 Å². The summed E-state index contributed by atoms with van der Waals surface area (Å²) in [6.45, 7) is 10.9. The summed E-state index contributed by atoms with van der Waals surface area (Å²) in [4.78, 5) is 0. The minimum Gasteiger partial charge on any atom is -0.361 e. The predicted molar refractivity (Wildman–Crippen MR) is 58.7 cm³/mol. The first-order valence-electron chi connectivity index (χ1n) is 5.56. The van der Waals surface area contributed by atoms with E-state index in [1.807, 2.05) is 0 Å². The third-order valence-electron chi connectivity index (χ3n) is 2.42. The average Bonchev–Trinajstić information content (AvgIpc) is 2.48. The van der Waals surface area contributed by atoms with Gasteiger partial charge in [0, 0.05) is 11.5 Å². The third-order valence-corrected chi connectivity index (χ3v) is 2.42. The second-order valence-corrected chi connectivity index (χ2v) is 4.47. The van der Waals surface area contributed by atoms with Crippen molar-refractivity contribution in [3.05, 3.63) is 17.0 Å². The summed E-state index contributed by atoms with van der Waals surface area (Å²) in [5.41, 5.74) is 2.49. The van der Waals surface area contributed by atoms with Crippen LogP contribution in [0, 0.1) is 0 Å². The van der Waals surface area contributed by atoms with Crippen molar-refractivity contribution in [1.29, 1.82) is 0 Å². The molecule has 0 aliphatic rings. The van der Waals surface area contributed by atoms with Crippen LogP contribution in [-0.4, -0.2) is 5.16 Å². The van der Waals surface area contributed by atoms with Crippen LogP contribution in [0.1, 0.15) is 69.9 Å². The van der Waals surface area contributed by atoms with Gasteiger partial charge in [-0.25, -0.2) is 0 Å². The normalized spacial score (nSPS) is 11.6. The molecule has 0 radical (unpaired) electrons. The van der Waals surface area contributed by atoms with E-state index in [4.69, 9.17) is 4.52 Å². The Morgan fingerprint density at radius 3 is 2.21 bits per heavy atom. The summed E-state index contributed by atoms with van der Waals surface area (Å²) < 4.78 is 5.42. The molecule has 1 aromatic rings. The fraction of sp³-hybridized carbons (Fsp3) is 0.750. The minimum absolute atomic E-state index is 0.436. The SMILES string of the molecule is CCCc1noc(C(C)C)c1C(C)C. The first-order chi connectivity index (χ1) is 6.57. The molecular weight excluding hydrogens is 174 g/mol. The van der Waals surface area contributed by atoms with Crippen LogP contribution in [-0.2, 0) is 6.42 Å². The molecular formula is C12H21NO. The lowest BCUT2D eigenvalue weighted by atomic mass is 9.94. The average molecular weight is 195 g/mol. The molecule has 1 rings (SSSR count). The first kappa shape index (κ1) is 11.3. The Morgan fingerprint density at radius 2 is 1.79 bits per heavy atom. The van der Waals surface area contributed by atoms with E-state index < -0.39 is 0 Å². The molecule has 0 saturated carbocycles. The van der Waals surface area contributed by atoms with Gasteiger partial charge >= 0.3 is 0 Å². The quantitative estimate of drug-likeness (QED) is 0.728. The van der Waals surface area contributed by atoms with Crippen LogP contribution in [0.5, 0.6) is 0 Å². The number of hydrogen-bond donors (Lipinski definition) is 0. The molecule has 2 nitrogen and oxygen atoms in total. The maximum atomic E-state index is 5.42. The molecule has 0 bridgehead atoms. The Morgan fingerprint density at radius 1 is 1.14 bits per heavy atom. The summed E-state index contributed by atoms with van der Waals surface area (Å²) in [7, 11) is 0. The standard InChI is InChI=1S/C12H21NO/c1-6-7-10-11(8(2)3)12(9(4)5)14-13-10/h8-9H,6-7H2,1-5H3. The van der Waals surface area contributed by atoms with Crippen molar-refractivity contribution in [2.45, 2.75) is 59.3 Å². The van der Waals surface area contributed by atoms with Crippen LogP contribution in [0.4, 0.5) is 0 Å². The third kappa shape index (κ3) is 2.17. The maximum Gasteiger partial charge on any atom is 0.142 e. The van der Waals surface area contributed by atoms with Crippen molar-refractivity contribution >= 4 is 0 Å². The molecule has 0 spiro atoms. The van der Waals surface area contributed by atoms with Gasteiger partial charge in [0.05, 0.1) is 5.69 Å². The molecule has 1 aromatic heterocycles. The lowest BCUT2D eigenvalue weighted by Gasteiger charge is -2.08. The largest absolute Gasteiger partial charge is 0.361 e. The molecule has 0 fully saturated rings. The zero-order chi connectivity index (χ0) is 10.7. The van der Waals surface area contributed by atoms with Gasteiger partial charge in [0.25, 0.3) is 0 Å². The summed E-state index contributed by atoms with van der Waals surface area (Å²) in [5.74, 6) is 2.02. The van der Waals surface area contributed by atoms with Crippen molar-refractivity contribution in [3.63, 3.8) is 0 Å². The van der Waals surface area contributed by atoms with Gasteiger partial charge in [0.1, 0.15) is 5.76 Å². The van der Waals surface area contributed by atoms with Crippen LogP contribution in [0.3, 0.4) is 0 Å². The van der Waals surface area contributed by atoms with Crippen molar-refractivity contribution in [2.24, 2.45) is 0 Å². The van der Waals surface area contributed by atoms with Crippen molar-refractivity contribution < 1.29 is 4.52 Å². The summed E-state index contributed by atoms with van der Waals surface area (Å²) in [6.07, 6.45) is 2.16. The molecule has 0 unspecified atom stereocenters. The zero-order valence-corrected chi connectivity index (χ0v) is 9.92. The molecule has 0 atom stereocenters. The van der Waals surface area contributed by atoms with Crippen molar-refractivity contribution in [1.82, 2.24) is 5.16 Å². The Balaban J connectivity index is 3.07. The van der Waals surface area contributed by atoms with Crippen LogP contribution in [0.15, 0.2) is 4.52 Å². The van der Waals surface area contributed by atoms with Crippen molar-refractivity contribution in [2.75, 3.05) is 0 Å². The van der Waals surface area contributed by atoms with Gasteiger partial charge < -0.3 is 4.52 Å². The molecule has 0 aromatic carbocycles. The minimum atomic E-state index is 0.436. The zero-order valence-electron chi connectivity index (χ0n) is 9.92. The maximum absolute atomic E-state index is 5.42. The molecule has 14 heavy (non-hydrogen) atoms.